The minimum atomic E-state index is -0.368. The number of hydrazone groups is 1. The van der Waals surface area contributed by atoms with Crippen molar-refractivity contribution >= 4 is 28.1 Å². The minimum absolute atomic E-state index is 0.0911. The molecule has 2 rings (SSSR count). The molecule has 1 aromatic carbocycles. The Morgan fingerprint density at radius 3 is 3.00 bits per heavy atom. The van der Waals surface area contributed by atoms with Gasteiger partial charge in [-0.1, -0.05) is 15.9 Å². The number of nitrogens with one attached hydrogen (secondary N) is 1. The second kappa shape index (κ2) is 4.74. The van der Waals surface area contributed by atoms with Crippen molar-refractivity contribution in [3.63, 3.8) is 0 Å². The molecule has 1 aromatic rings. The topological polar surface area (TPSA) is 41.5 Å². The maximum Gasteiger partial charge on any atom is 0.243 e. The lowest BCUT2D eigenvalue weighted by molar-refractivity contribution is -0.122. The lowest BCUT2D eigenvalue weighted by Gasteiger charge is -1.98. The third kappa shape index (κ3) is 2.88. The van der Waals surface area contributed by atoms with Gasteiger partial charge >= 0.3 is 0 Å². The summed E-state index contributed by atoms with van der Waals surface area (Å²) in [5, 5.41) is 3.72. The van der Waals surface area contributed by atoms with Crippen LogP contribution in [0.25, 0.3) is 0 Å². The molecule has 1 aliphatic rings. The van der Waals surface area contributed by atoms with Gasteiger partial charge in [-0.25, -0.2) is 9.82 Å². The van der Waals surface area contributed by atoms with Gasteiger partial charge in [0.05, 0.1) is 6.21 Å². The molecule has 1 fully saturated rings. The molecule has 1 aliphatic carbocycles. The molecular weight excluding hydrogens is 275 g/mol. The monoisotopic (exact) mass is 284 g/mol. The van der Waals surface area contributed by atoms with Gasteiger partial charge in [0.25, 0.3) is 0 Å². The van der Waals surface area contributed by atoms with Gasteiger partial charge in [-0.05, 0) is 31.0 Å². The number of halogens is 2. The van der Waals surface area contributed by atoms with Gasteiger partial charge < -0.3 is 0 Å². The highest BCUT2D eigenvalue weighted by molar-refractivity contribution is 9.10. The zero-order valence-electron chi connectivity index (χ0n) is 8.41. The van der Waals surface area contributed by atoms with E-state index in [2.05, 4.69) is 26.5 Å². The van der Waals surface area contributed by atoms with Gasteiger partial charge in [0.15, 0.2) is 0 Å². The molecule has 0 heterocycles. The Balaban J connectivity index is 1.99. The van der Waals surface area contributed by atoms with Crippen molar-refractivity contribution in [2.75, 3.05) is 0 Å². The molecule has 5 heteroatoms. The van der Waals surface area contributed by atoms with E-state index >= 15 is 0 Å². The van der Waals surface area contributed by atoms with E-state index in [0.717, 1.165) is 17.3 Å². The highest BCUT2D eigenvalue weighted by Crippen LogP contribution is 2.28. The molecule has 1 amide bonds. The van der Waals surface area contributed by atoms with Gasteiger partial charge in [0, 0.05) is 16.0 Å². The predicted octanol–water partition coefficient (Wildman–Crippen LogP) is 2.45. The Bertz CT molecular complexity index is 444. The molecule has 16 heavy (non-hydrogen) atoms. The van der Waals surface area contributed by atoms with Crippen LogP contribution < -0.4 is 5.43 Å². The quantitative estimate of drug-likeness (QED) is 0.672. The lowest BCUT2D eigenvalue weighted by atomic mass is 10.2. The average molecular weight is 285 g/mol. The van der Waals surface area contributed by atoms with Crippen LogP contribution in [0.1, 0.15) is 18.4 Å². The molecule has 0 aliphatic heterocycles. The summed E-state index contributed by atoms with van der Waals surface area (Å²) in [4.78, 5) is 11.2. The van der Waals surface area contributed by atoms with E-state index in [4.69, 9.17) is 0 Å². The van der Waals surface area contributed by atoms with Crippen molar-refractivity contribution in [2.45, 2.75) is 12.8 Å². The van der Waals surface area contributed by atoms with Crippen LogP contribution in [0.15, 0.2) is 27.8 Å². The van der Waals surface area contributed by atoms with Crippen molar-refractivity contribution < 1.29 is 9.18 Å². The first-order chi connectivity index (χ1) is 7.66. The Kier molecular flexibility index (Phi) is 3.33. The fraction of sp³-hybridized carbons (Fsp3) is 0.273. The molecular formula is C11H10BrFN2O. The molecule has 0 aromatic heterocycles. The number of hydrogen-bond donors (Lipinski definition) is 1. The summed E-state index contributed by atoms with van der Waals surface area (Å²) in [6, 6.07) is 4.55. The number of amides is 1. The van der Waals surface area contributed by atoms with Crippen LogP contribution in [0.4, 0.5) is 4.39 Å². The van der Waals surface area contributed by atoms with Crippen LogP contribution in [-0.4, -0.2) is 12.1 Å². The second-order valence-corrected chi connectivity index (χ2v) is 4.59. The molecule has 0 unspecified atom stereocenters. The molecule has 1 saturated carbocycles. The molecule has 0 atom stereocenters. The van der Waals surface area contributed by atoms with E-state index in [-0.39, 0.29) is 17.6 Å². The SMILES string of the molecule is O=C(N/N=C\c1cc(Br)ccc1F)C1CC1. The normalized spacial score (nSPS) is 15.4. The molecule has 0 saturated heterocycles. The Hall–Kier alpha value is -1.23. The van der Waals surface area contributed by atoms with Crippen molar-refractivity contribution in [1.82, 2.24) is 5.43 Å². The van der Waals surface area contributed by atoms with Crippen LogP contribution in [0, 0.1) is 11.7 Å². The van der Waals surface area contributed by atoms with Crippen molar-refractivity contribution in [2.24, 2.45) is 11.0 Å². The van der Waals surface area contributed by atoms with E-state index in [1.165, 1.54) is 12.3 Å². The van der Waals surface area contributed by atoms with Gasteiger partial charge in [-0.3, -0.25) is 4.79 Å². The number of carbonyl (C=O) groups is 1. The number of benzene rings is 1. The molecule has 3 nitrogen and oxygen atoms in total. The molecule has 1 N–H and O–H groups in total. The largest absolute Gasteiger partial charge is 0.273 e. The number of hydrogen-bond acceptors (Lipinski definition) is 2. The van der Waals surface area contributed by atoms with Crippen LogP contribution in [0.3, 0.4) is 0 Å². The number of rotatable bonds is 3. The molecule has 84 valence electrons. The summed E-state index contributed by atoms with van der Waals surface area (Å²) in [6.07, 6.45) is 3.15. The average Bonchev–Trinajstić information content (AvgIpc) is 3.06. The van der Waals surface area contributed by atoms with Crippen molar-refractivity contribution in [1.29, 1.82) is 0 Å². The second-order valence-electron chi connectivity index (χ2n) is 3.67. The summed E-state index contributed by atoms with van der Waals surface area (Å²) >= 11 is 3.23. The molecule has 0 bridgehead atoms. The fourth-order valence-corrected chi connectivity index (χ4v) is 1.59. The van der Waals surface area contributed by atoms with E-state index in [0.29, 0.717) is 5.56 Å². The smallest absolute Gasteiger partial charge is 0.243 e. The minimum Gasteiger partial charge on any atom is -0.273 e. The van der Waals surface area contributed by atoms with Crippen molar-refractivity contribution in [3.05, 3.63) is 34.1 Å². The standard InChI is InChI=1S/C11H10BrFN2O/c12-9-3-4-10(13)8(5-9)6-14-15-11(16)7-1-2-7/h3-7H,1-2H2,(H,15,16)/b14-6-. The Morgan fingerprint density at radius 1 is 1.56 bits per heavy atom. The summed E-state index contributed by atoms with van der Waals surface area (Å²) < 4.78 is 14.0. The predicted molar refractivity (Wildman–Crippen MR) is 62.6 cm³/mol. The Morgan fingerprint density at radius 2 is 2.31 bits per heavy atom. The van der Waals surface area contributed by atoms with E-state index < -0.39 is 0 Å². The summed E-state index contributed by atoms with van der Waals surface area (Å²) in [5.74, 6) is -0.358. The van der Waals surface area contributed by atoms with E-state index in [9.17, 15) is 9.18 Å². The van der Waals surface area contributed by atoms with Crippen LogP contribution in [-0.2, 0) is 4.79 Å². The third-order valence-electron chi connectivity index (χ3n) is 2.28. The zero-order valence-corrected chi connectivity index (χ0v) is 10.00. The van der Waals surface area contributed by atoms with E-state index in [1.807, 2.05) is 0 Å². The van der Waals surface area contributed by atoms with Crippen molar-refractivity contribution in [3.8, 4) is 0 Å². The highest BCUT2D eigenvalue weighted by Gasteiger charge is 2.29. The van der Waals surface area contributed by atoms with Gasteiger partial charge in [-0.2, -0.15) is 5.10 Å². The highest BCUT2D eigenvalue weighted by atomic mass is 79.9. The van der Waals surface area contributed by atoms with Crippen LogP contribution in [0.2, 0.25) is 0 Å². The summed E-state index contributed by atoms with van der Waals surface area (Å²) in [6.45, 7) is 0. The zero-order chi connectivity index (χ0) is 11.5. The maximum absolute atomic E-state index is 13.2. The molecule has 0 spiro atoms. The summed E-state index contributed by atoms with van der Waals surface area (Å²) in [5.41, 5.74) is 2.73. The van der Waals surface area contributed by atoms with Crippen LogP contribution in [0.5, 0.6) is 0 Å². The number of carbonyl (C=O) groups excluding carboxylic acids is 1. The van der Waals surface area contributed by atoms with Gasteiger partial charge in [0.2, 0.25) is 5.91 Å². The first-order valence-corrected chi connectivity index (χ1v) is 5.74. The van der Waals surface area contributed by atoms with E-state index in [1.54, 1.807) is 12.1 Å². The lowest BCUT2D eigenvalue weighted by Crippen LogP contribution is -2.19. The fourth-order valence-electron chi connectivity index (χ4n) is 1.22. The third-order valence-corrected chi connectivity index (χ3v) is 2.78. The first kappa shape index (κ1) is 11.3. The van der Waals surface area contributed by atoms with Gasteiger partial charge in [-0.15, -0.1) is 0 Å². The first-order valence-electron chi connectivity index (χ1n) is 4.95. The number of nitrogens with zero attached hydrogens (tertiary/aromatic N) is 1. The Labute approximate surface area is 101 Å². The maximum atomic E-state index is 13.2. The van der Waals surface area contributed by atoms with Crippen LogP contribution >= 0.6 is 15.9 Å². The summed E-state index contributed by atoms with van der Waals surface area (Å²) in [7, 11) is 0. The molecule has 0 radical (unpaired) electrons. The van der Waals surface area contributed by atoms with Gasteiger partial charge in [0.1, 0.15) is 5.82 Å².